The summed E-state index contributed by atoms with van der Waals surface area (Å²) in [5.74, 6) is 0.803. The Morgan fingerprint density at radius 2 is 2.14 bits per heavy atom. The molecule has 1 amide bonds. The molecule has 1 aliphatic rings. The molecule has 3 rings (SSSR count). The van der Waals surface area contributed by atoms with Crippen LogP contribution in [-0.2, 0) is 11.3 Å². The number of nitrogens with two attached hydrogens (primary N) is 1. The zero-order valence-corrected chi connectivity index (χ0v) is 11.7. The summed E-state index contributed by atoms with van der Waals surface area (Å²) in [6.45, 7) is 1.30. The first-order valence-corrected chi connectivity index (χ1v) is 7.15. The van der Waals surface area contributed by atoms with Crippen LogP contribution in [0.25, 0.3) is 11.4 Å². The van der Waals surface area contributed by atoms with Crippen molar-refractivity contribution in [2.45, 2.75) is 31.8 Å². The minimum absolute atomic E-state index is 0.231. The van der Waals surface area contributed by atoms with Gasteiger partial charge in [-0.2, -0.15) is 4.98 Å². The van der Waals surface area contributed by atoms with Gasteiger partial charge in [-0.3, -0.25) is 9.69 Å². The first-order chi connectivity index (χ1) is 10.2. The Kier molecular flexibility index (Phi) is 3.96. The van der Waals surface area contributed by atoms with E-state index < -0.39 is 0 Å². The van der Waals surface area contributed by atoms with E-state index in [1.54, 1.807) is 0 Å². The van der Waals surface area contributed by atoms with Crippen molar-refractivity contribution in [2.24, 2.45) is 5.73 Å². The monoisotopic (exact) mass is 286 g/mol. The number of aromatic nitrogens is 2. The second-order valence-electron chi connectivity index (χ2n) is 5.26. The van der Waals surface area contributed by atoms with Crippen molar-refractivity contribution < 1.29 is 9.32 Å². The zero-order chi connectivity index (χ0) is 14.7. The van der Waals surface area contributed by atoms with Gasteiger partial charge in [0.1, 0.15) is 0 Å². The van der Waals surface area contributed by atoms with Crippen LogP contribution in [0.2, 0.25) is 0 Å². The minimum Gasteiger partial charge on any atom is -0.368 e. The van der Waals surface area contributed by atoms with Crippen LogP contribution in [0.5, 0.6) is 0 Å². The summed E-state index contributed by atoms with van der Waals surface area (Å²) >= 11 is 0. The number of carbonyl (C=O) groups excluding carboxylic acids is 1. The van der Waals surface area contributed by atoms with Gasteiger partial charge in [0, 0.05) is 5.56 Å². The summed E-state index contributed by atoms with van der Waals surface area (Å²) < 4.78 is 5.29. The van der Waals surface area contributed by atoms with E-state index in [-0.39, 0.29) is 11.9 Å². The number of rotatable bonds is 4. The summed E-state index contributed by atoms with van der Waals surface area (Å²) in [4.78, 5) is 17.9. The minimum atomic E-state index is -0.280. The average molecular weight is 286 g/mol. The number of piperidine rings is 1. The molecule has 0 spiro atoms. The summed E-state index contributed by atoms with van der Waals surface area (Å²) in [7, 11) is 0. The Morgan fingerprint density at radius 3 is 2.90 bits per heavy atom. The van der Waals surface area contributed by atoms with Crippen molar-refractivity contribution in [3.63, 3.8) is 0 Å². The predicted molar refractivity (Wildman–Crippen MR) is 77.0 cm³/mol. The van der Waals surface area contributed by atoms with Gasteiger partial charge in [-0.15, -0.1) is 0 Å². The van der Waals surface area contributed by atoms with Crippen molar-refractivity contribution in [3.8, 4) is 11.4 Å². The van der Waals surface area contributed by atoms with Gasteiger partial charge in [0.05, 0.1) is 12.6 Å². The molecule has 0 unspecified atom stereocenters. The number of likely N-dealkylation sites (tertiary alicyclic amines) is 1. The number of benzene rings is 1. The number of primary amides is 1. The smallest absolute Gasteiger partial charge is 0.241 e. The zero-order valence-electron chi connectivity index (χ0n) is 11.7. The highest BCUT2D eigenvalue weighted by Crippen LogP contribution is 2.20. The molecule has 110 valence electrons. The molecule has 0 aliphatic carbocycles. The number of hydrogen-bond acceptors (Lipinski definition) is 5. The molecule has 1 fully saturated rings. The normalized spacial score (nSPS) is 19.5. The van der Waals surface area contributed by atoms with E-state index in [0.29, 0.717) is 18.3 Å². The average Bonchev–Trinajstić information content (AvgIpc) is 2.97. The molecule has 6 nitrogen and oxygen atoms in total. The first-order valence-electron chi connectivity index (χ1n) is 7.15. The van der Waals surface area contributed by atoms with Crippen molar-refractivity contribution in [2.75, 3.05) is 6.54 Å². The van der Waals surface area contributed by atoms with Gasteiger partial charge in [-0.05, 0) is 19.4 Å². The lowest BCUT2D eigenvalue weighted by Crippen LogP contribution is -2.47. The van der Waals surface area contributed by atoms with Crippen molar-refractivity contribution in [1.82, 2.24) is 15.0 Å². The molecular formula is C15H18N4O2. The van der Waals surface area contributed by atoms with Gasteiger partial charge in [-0.1, -0.05) is 41.9 Å². The molecule has 0 bridgehead atoms. The Labute approximate surface area is 122 Å². The standard InChI is InChI=1S/C15H18N4O2/c16-14(20)12-8-4-5-9-19(12)10-13-17-15(18-21-13)11-6-2-1-3-7-11/h1-3,6-7,12H,4-5,8-10H2,(H2,16,20)/t12-/m0/s1. The molecule has 2 aromatic rings. The van der Waals surface area contributed by atoms with E-state index in [0.717, 1.165) is 31.4 Å². The maximum Gasteiger partial charge on any atom is 0.241 e. The Hall–Kier alpha value is -2.21. The van der Waals surface area contributed by atoms with Gasteiger partial charge in [0.15, 0.2) is 0 Å². The van der Waals surface area contributed by atoms with Crippen LogP contribution in [0.4, 0.5) is 0 Å². The number of hydrogen-bond donors (Lipinski definition) is 1. The fourth-order valence-electron chi connectivity index (χ4n) is 2.70. The molecule has 1 saturated heterocycles. The van der Waals surface area contributed by atoms with Gasteiger partial charge in [-0.25, -0.2) is 0 Å². The molecule has 1 aromatic carbocycles. The fraction of sp³-hybridized carbons (Fsp3) is 0.400. The van der Waals surface area contributed by atoms with Crippen LogP contribution in [0.15, 0.2) is 34.9 Å². The third kappa shape index (κ3) is 3.11. The van der Waals surface area contributed by atoms with E-state index in [2.05, 4.69) is 10.1 Å². The quantitative estimate of drug-likeness (QED) is 0.922. The molecular weight excluding hydrogens is 268 g/mol. The molecule has 0 radical (unpaired) electrons. The number of carbonyl (C=O) groups is 1. The maximum atomic E-state index is 11.5. The SMILES string of the molecule is NC(=O)[C@@H]1CCCCN1Cc1nc(-c2ccccc2)no1. The highest BCUT2D eigenvalue weighted by molar-refractivity contribution is 5.79. The fourth-order valence-corrected chi connectivity index (χ4v) is 2.70. The lowest BCUT2D eigenvalue weighted by atomic mass is 10.0. The maximum absolute atomic E-state index is 11.5. The van der Waals surface area contributed by atoms with E-state index in [4.69, 9.17) is 10.3 Å². The molecule has 2 heterocycles. The molecule has 2 N–H and O–H groups in total. The van der Waals surface area contributed by atoms with Crippen LogP contribution in [0.3, 0.4) is 0 Å². The molecule has 1 atom stereocenters. The predicted octanol–water partition coefficient (Wildman–Crippen LogP) is 1.58. The third-order valence-corrected chi connectivity index (χ3v) is 3.78. The van der Waals surface area contributed by atoms with Crippen LogP contribution in [0, 0.1) is 0 Å². The van der Waals surface area contributed by atoms with Gasteiger partial charge < -0.3 is 10.3 Å². The van der Waals surface area contributed by atoms with E-state index in [1.807, 2.05) is 35.2 Å². The summed E-state index contributed by atoms with van der Waals surface area (Å²) in [6.07, 6.45) is 2.89. The second kappa shape index (κ2) is 6.05. The summed E-state index contributed by atoms with van der Waals surface area (Å²) in [5.41, 5.74) is 6.37. The third-order valence-electron chi connectivity index (χ3n) is 3.78. The topological polar surface area (TPSA) is 85.3 Å². The van der Waals surface area contributed by atoms with Crippen molar-refractivity contribution >= 4 is 5.91 Å². The van der Waals surface area contributed by atoms with Crippen LogP contribution >= 0.6 is 0 Å². The van der Waals surface area contributed by atoms with Gasteiger partial charge in [0.25, 0.3) is 0 Å². The van der Waals surface area contributed by atoms with E-state index in [1.165, 1.54) is 0 Å². The number of amides is 1. The van der Waals surface area contributed by atoms with E-state index in [9.17, 15) is 4.79 Å². The Bertz CT molecular complexity index is 611. The van der Waals surface area contributed by atoms with Crippen molar-refractivity contribution in [3.05, 3.63) is 36.2 Å². The Balaban J connectivity index is 1.73. The molecule has 0 saturated carbocycles. The summed E-state index contributed by atoms with van der Waals surface area (Å²) in [5, 5.41) is 3.99. The summed E-state index contributed by atoms with van der Waals surface area (Å²) in [6, 6.07) is 9.43. The van der Waals surface area contributed by atoms with Crippen molar-refractivity contribution in [1.29, 1.82) is 0 Å². The van der Waals surface area contributed by atoms with Gasteiger partial charge in [0.2, 0.25) is 17.6 Å². The van der Waals surface area contributed by atoms with Crippen LogP contribution < -0.4 is 5.73 Å². The second-order valence-corrected chi connectivity index (χ2v) is 5.26. The molecule has 1 aliphatic heterocycles. The highest BCUT2D eigenvalue weighted by atomic mass is 16.5. The van der Waals surface area contributed by atoms with Gasteiger partial charge >= 0.3 is 0 Å². The lowest BCUT2D eigenvalue weighted by molar-refractivity contribution is -0.124. The lowest BCUT2D eigenvalue weighted by Gasteiger charge is -2.32. The Morgan fingerprint density at radius 1 is 1.33 bits per heavy atom. The van der Waals surface area contributed by atoms with Crippen LogP contribution in [-0.4, -0.2) is 33.5 Å². The van der Waals surface area contributed by atoms with E-state index >= 15 is 0 Å². The van der Waals surface area contributed by atoms with Crippen LogP contribution in [0.1, 0.15) is 25.2 Å². The highest BCUT2D eigenvalue weighted by Gasteiger charge is 2.28. The molecule has 6 heteroatoms. The first kappa shape index (κ1) is 13.8. The molecule has 21 heavy (non-hydrogen) atoms. The number of nitrogens with zero attached hydrogens (tertiary/aromatic N) is 3. The largest absolute Gasteiger partial charge is 0.368 e. The molecule has 1 aromatic heterocycles.